The van der Waals surface area contributed by atoms with Gasteiger partial charge >= 0.3 is 0 Å². The number of hydrogen-bond acceptors (Lipinski definition) is 3. The predicted molar refractivity (Wildman–Crippen MR) is 82.6 cm³/mol. The van der Waals surface area contributed by atoms with Gasteiger partial charge in [-0.15, -0.1) is 0 Å². The third-order valence-electron chi connectivity index (χ3n) is 3.27. The molecule has 5 nitrogen and oxygen atoms in total. The molecule has 0 radical (unpaired) electrons. The summed E-state index contributed by atoms with van der Waals surface area (Å²) >= 11 is 0. The van der Waals surface area contributed by atoms with Gasteiger partial charge in [0.25, 0.3) is 0 Å². The zero-order valence-corrected chi connectivity index (χ0v) is 13.2. The van der Waals surface area contributed by atoms with E-state index >= 15 is 0 Å². The van der Waals surface area contributed by atoms with Gasteiger partial charge in [0.15, 0.2) is 0 Å². The molecule has 0 atom stereocenters. The van der Waals surface area contributed by atoms with E-state index in [1.165, 1.54) is 0 Å². The number of aromatic nitrogens is 2. The molecule has 0 spiro atoms. The molecule has 1 aromatic heterocycles. The van der Waals surface area contributed by atoms with Crippen LogP contribution >= 0.6 is 0 Å². The Morgan fingerprint density at radius 1 is 1.24 bits per heavy atom. The number of hydrogen-bond donors (Lipinski definition) is 1. The molecule has 0 saturated heterocycles. The van der Waals surface area contributed by atoms with Crippen molar-refractivity contribution in [2.24, 2.45) is 0 Å². The Labute approximate surface area is 126 Å². The molecule has 2 aromatic rings. The highest BCUT2D eigenvalue weighted by Gasteiger charge is 2.13. The van der Waals surface area contributed by atoms with Gasteiger partial charge in [-0.25, -0.2) is 13.1 Å². The van der Waals surface area contributed by atoms with E-state index in [9.17, 15) is 8.42 Å². The van der Waals surface area contributed by atoms with E-state index in [4.69, 9.17) is 0 Å². The summed E-state index contributed by atoms with van der Waals surface area (Å²) in [7, 11) is -3.42. The van der Waals surface area contributed by atoms with Crippen molar-refractivity contribution in [3.8, 4) is 0 Å². The summed E-state index contributed by atoms with van der Waals surface area (Å²) in [6.45, 7) is 5.25. The summed E-state index contributed by atoms with van der Waals surface area (Å²) in [5.74, 6) is 0.392. The van der Waals surface area contributed by atoms with Gasteiger partial charge in [0.05, 0.1) is 4.90 Å². The SMILES string of the molecule is CC(C)c1ccc(S(=O)(=O)NCCCn2cccn2)cc1. The quantitative estimate of drug-likeness (QED) is 0.799. The van der Waals surface area contributed by atoms with Crippen LogP contribution < -0.4 is 4.72 Å². The molecule has 114 valence electrons. The fourth-order valence-corrected chi connectivity index (χ4v) is 3.07. The van der Waals surface area contributed by atoms with E-state index in [0.717, 1.165) is 5.56 Å². The predicted octanol–water partition coefficient (Wildman–Crippen LogP) is 2.38. The molecule has 0 aliphatic carbocycles. The number of aryl methyl sites for hydroxylation is 1. The summed E-state index contributed by atoms with van der Waals surface area (Å²) in [4.78, 5) is 0.311. The molecule has 1 heterocycles. The van der Waals surface area contributed by atoms with E-state index in [1.54, 1.807) is 23.0 Å². The minimum Gasteiger partial charge on any atom is -0.273 e. The van der Waals surface area contributed by atoms with Crippen molar-refractivity contribution in [3.63, 3.8) is 0 Å². The fraction of sp³-hybridized carbons (Fsp3) is 0.400. The normalized spacial score (nSPS) is 12.0. The summed E-state index contributed by atoms with van der Waals surface area (Å²) in [6.07, 6.45) is 4.27. The second kappa shape index (κ2) is 6.87. The first-order valence-electron chi connectivity index (χ1n) is 7.06. The highest BCUT2D eigenvalue weighted by molar-refractivity contribution is 7.89. The monoisotopic (exact) mass is 307 g/mol. The molecule has 0 unspecified atom stereocenters. The molecule has 0 aliphatic heterocycles. The Balaban J connectivity index is 1.89. The minimum absolute atomic E-state index is 0.311. The molecule has 0 fully saturated rings. The molecule has 21 heavy (non-hydrogen) atoms. The highest BCUT2D eigenvalue weighted by atomic mass is 32.2. The van der Waals surface area contributed by atoms with Gasteiger partial charge in [-0.05, 0) is 36.1 Å². The van der Waals surface area contributed by atoms with Crippen molar-refractivity contribution in [3.05, 3.63) is 48.3 Å². The largest absolute Gasteiger partial charge is 0.273 e. The van der Waals surface area contributed by atoms with Gasteiger partial charge in [-0.1, -0.05) is 26.0 Å². The molecule has 1 N–H and O–H groups in total. The lowest BCUT2D eigenvalue weighted by Gasteiger charge is -2.09. The molecule has 0 aliphatic rings. The van der Waals surface area contributed by atoms with E-state index < -0.39 is 10.0 Å². The van der Waals surface area contributed by atoms with E-state index in [1.807, 2.05) is 24.4 Å². The molecular formula is C15H21N3O2S. The third-order valence-corrected chi connectivity index (χ3v) is 4.75. The fourth-order valence-electron chi connectivity index (χ4n) is 2.00. The van der Waals surface area contributed by atoms with Gasteiger partial charge in [-0.2, -0.15) is 5.10 Å². The molecular weight excluding hydrogens is 286 g/mol. The summed E-state index contributed by atoms with van der Waals surface area (Å²) in [5.41, 5.74) is 1.13. The average molecular weight is 307 g/mol. The molecule has 0 saturated carbocycles. The van der Waals surface area contributed by atoms with Crippen molar-refractivity contribution in [1.82, 2.24) is 14.5 Å². The zero-order chi connectivity index (χ0) is 15.3. The number of nitrogens with one attached hydrogen (secondary N) is 1. The van der Waals surface area contributed by atoms with Crippen LogP contribution in [0.2, 0.25) is 0 Å². The van der Waals surface area contributed by atoms with Crippen LogP contribution in [0.5, 0.6) is 0 Å². The van der Waals surface area contributed by atoms with Crippen LogP contribution in [0.4, 0.5) is 0 Å². The maximum absolute atomic E-state index is 12.1. The Bertz CT molecular complexity index is 647. The van der Waals surface area contributed by atoms with Crippen LogP contribution in [0.1, 0.15) is 31.7 Å². The third kappa shape index (κ3) is 4.41. The lowest BCUT2D eigenvalue weighted by atomic mass is 10.0. The Kier molecular flexibility index (Phi) is 5.14. The van der Waals surface area contributed by atoms with E-state index in [0.29, 0.717) is 30.3 Å². The van der Waals surface area contributed by atoms with Crippen molar-refractivity contribution >= 4 is 10.0 Å². The molecule has 2 rings (SSSR count). The van der Waals surface area contributed by atoms with Crippen LogP contribution in [-0.2, 0) is 16.6 Å². The first-order valence-corrected chi connectivity index (χ1v) is 8.54. The second-order valence-corrected chi connectivity index (χ2v) is 7.01. The van der Waals surface area contributed by atoms with Crippen LogP contribution in [0.25, 0.3) is 0 Å². The first kappa shape index (κ1) is 15.7. The van der Waals surface area contributed by atoms with Gasteiger partial charge in [0.1, 0.15) is 0 Å². The van der Waals surface area contributed by atoms with Crippen LogP contribution in [0.3, 0.4) is 0 Å². The van der Waals surface area contributed by atoms with Gasteiger partial charge in [0, 0.05) is 25.5 Å². The van der Waals surface area contributed by atoms with Gasteiger partial charge in [0.2, 0.25) is 10.0 Å². The topological polar surface area (TPSA) is 64.0 Å². The number of nitrogens with zero attached hydrogens (tertiary/aromatic N) is 2. The Morgan fingerprint density at radius 3 is 2.52 bits per heavy atom. The van der Waals surface area contributed by atoms with Gasteiger partial charge in [-0.3, -0.25) is 4.68 Å². The summed E-state index contributed by atoms with van der Waals surface area (Å²) in [6, 6.07) is 8.89. The number of benzene rings is 1. The van der Waals surface area contributed by atoms with E-state index in [2.05, 4.69) is 23.7 Å². The first-order chi connectivity index (χ1) is 9.99. The van der Waals surface area contributed by atoms with Crippen molar-refractivity contribution in [1.29, 1.82) is 0 Å². The highest BCUT2D eigenvalue weighted by Crippen LogP contribution is 2.17. The molecule has 1 aromatic carbocycles. The Hall–Kier alpha value is -1.66. The molecule has 0 amide bonds. The van der Waals surface area contributed by atoms with Crippen LogP contribution in [0.15, 0.2) is 47.6 Å². The lowest BCUT2D eigenvalue weighted by Crippen LogP contribution is -2.25. The maximum atomic E-state index is 12.1. The van der Waals surface area contributed by atoms with Crippen molar-refractivity contribution in [2.45, 2.75) is 37.6 Å². The van der Waals surface area contributed by atoms with Crippen LogP contribution in [-0.4, -0.2) is 24.7 Å². The zero-order valence-electron chi connectivity index (χ0n) is 12.4. The smallest absolute Gasteiger partial charge is 0.240 e. The molecule has 6 heteroatoms. The standard InChI is InChI=1S/C15H21N3O2S/c1-13(2)14-5-7-15(8-6-14)21(19,20)17-10-4-12-18-11-3-9-16-18/h3,5-9,11,13,17H,4,10,12H2,1-2H3. The maximum Gasteiger partial charge on any atom is 0.240 e. The minimum atomic E-state index is -3.42. The lowest BCUT2D eigenvalue weighted by molar-refractivity contribution is 0.553. The summed E-state index contributed by atoms with van der Waals surface area (Å²) in [5, 5.41) is 4.07. The average Bonchev–Trinajstić information content (AvgIpc) is 2.97. The number of rotatable bonds is 7. The van der Waals surface area contributed by atoms with Crippen molar-refractivity contribution in [2.75, 3.05) is 6.54 Å². The van der Waals surface area contributed by atoms with Crippen LogP contribution in [0, 0.1) is 0 Å². The van der Waals surface area contributed by atoms with E-state index in [-0.39, 0.29) is 0 Å². The van der Waals surface area contributed by atoms with Gasteiger partial charge < -0.3 is 0 Å². The summed E-state index contributed by atoms with van der Waals surface area (Å²) < 4.78 is 28.7. The second-order valence-electron chi connectivity index (χ2n) is 5.24. The molecule has 0 bridgehead atoms. The number of sulfonamides is 1. The van der Waals surface area contributed by atoms with Crippen molar-refractivity contribution < 1.29 is 8.42 Å². The Morgan fingerprint density at radius 2 is 1.95 bits per heavy atom.